The molecule has 0 spiro atoms. The van der Waals surface area contributed by atoms with Gasteiger partial charge in [0.05, 0.1) is 17.6 Å². The van der Waals surface area contributed by atoms with Crippen molar-refractivity contribution >= 4 is 22.7 Å². The van der Waals surface area contributed by atoms with Crippen LogP contribution in [-0.2, 0) is 4.79 Å². The Balaban J connectivity index is 1.34. The molecule has 1 aromatic heterocycles. The molecule has 2 amide bonds. The van der Waals surface area contributed by atoms with Gasteiger partial charge in [-0.25, -0.2) is 0 Å². The summed E-state index contributed by atoms with van der Waals surface area (Å²) in [6.07, 6.45) is 6.40. The Bertz CT molecular complexity index is 832. The van der Waals surface area contributed by atoms with Gasteiger partial charge in [0.2, 0.25) is 5.91 Å². The van der Waals surface area contributed by atoms with Crippen molar-refractivity contribution in [1.29, 1.82) is 0 Å². The second-order valence-corrected chi connectivity index (χ2v) is 7.74. The van der Waals surface area contributed by atoms with Gasteiger partial charge in [-0.05, 0) is 25.0 Å². The van der Waals surface area contributed by atoms with Crippen LogP contribution < -0.4 is 0 Å². The fourth-order valence-corrected chi connectivity index (χ4v) is 4.17. The molecule has 0 saturated carbocycles. The number of nitrogens with zero attached hydrogens (tertiary/aromatic N) is 4. The molecule has 2 fully saturated rings. The molecule has 28 heavy (non-hydrogen) atoms. The van der Waals surface area contributed by atoms with Gasteiger partial charge >= 0.3 is 0 Å². The van der Waals surface area contributed by atoms with Crippen LogP contribution in [0.25, 0.3) is 10.9 Å². The zero-order valence-electron chi connectivity index (χ0n) is 16.3. The van der Waals surface area contributed by atoms with E-state index < -0.39 is 0 Å². The molecule has 4 rings (SSSR count). The number of hydrogen-bond acceptors (Lipinski definition) is 4. The summed E-state index contributed by atoms with van der Waals surface area (Å²) < 4.78 is 0. The van der Waals surface area contributed by atoms with Crippen molar-refractivity contribution in [3.05, 3.63) is 42.1 Å². The maximum absolute atomic E-state index is 13.0. The molecule has 0 aliphatic carbocycles. The first kappa shape index (κ1) is 18.9. The Labute approximate surface area is 166 Å². The zero-order valence-corrected chi connectivity index (χ0v) is 16.3. The summed E-state index contributed by atoms with van der Waals surface area (Å²) in [6, 6.07) is 9.56. The van der Waals surface area contributed by atoms with Crippen molar-refractivity contribution in [1.82, 2.24) is 19.7 Å². The van der Waals surface area contributed by atoms with Gasteiger partial charge in [-0.1, -0.05) is 31.0 Å². The van der Waals surface area contributed by atoms with Crippen LogP contribution in [0, 0.1) is 0 Å². The van der Waals surface area contributed by atoms with Crippen LogP contribution in [0.3, 0.4) is 0 Å². The topological polar surface area (TPSA) is 56.8 Å². The lowest BCUT2D eigenvalue weighted by Gasteiger charge is -2.35. The smallest absolute Gasteiger partial charge is 0.254 e. The molecule has 2 aliphatic heterocycles. The van der Waals surface area contributed by atoms with Gasteiger partial charge < -0.3 is 9.80 Å². The molecule has 0 unspecified atom stereocenters. The lowest BCUT2D eigenvalue weighted by molar-refractivity contribution is -0.132. The second kappa shape index (κ2) is 8.69. The summed E-state index contributed by atoms with van der Waals surface area (Å²) in [4.78, 5) is 36.1. The summed E-state index contributed by atoms with van der Waals surface area (Å²) in [7, 11) is 0. The quantitative estimate of drug-likeness (QED) is 0.821. The summed E-state index contributed by atoms with van der Waals surface area (Å²) in [5.41, 5.74) is 1.55. The molecule has 0 N–H and O–H groups in total. The summed E-state index contributed by atoms with van der Waals surface area (Å²) >= 11 is 0. The number of fused-ring (bicyclic) bond motifs is 1. The number of amides is 2. The lowest BCUT2D eigenvalue weighted by Crippen LogP contribution is -2.51. The van der Waals surface area contributed by atoms with E-state index in [0.717, 1.165) is 49.9 Å². The first-order valence-electron chi connectivity index (χ1n) is 10.4. The van der Waals surface area contributed by atoms with Crippen LogP contribution in [0.4, 0.5) is 0 Å². The molecule has 2 aromatic rings. The van der Waals surface area contributed by atoms with Crippen molar-refractivity contribution in [2.75, 3.05) is 45.8 Å². The minimum Gasteiger partial charge on any atom is -0.342 e. The maximum atomic E-state index is 13.0. The fraction of sp³-hybridized carbons (Fsp3) is 0.500. The van der Waals surface area contributed by atoms with Gasteiger partial charge in [0.15, 0.2) is 0 Å². The number of likely N-dealkylation sites (tertiary alicyclic amines) is 1. The Kier molecular flexibility index (Phi) is 5.86. The van der Waals surface area contributed by atoms with Gasteiger partial charge in [0.1, 0.15) is 0 Å². The van der Waals surface area contributed by atoms with E-state index >= 15 is 0 Å². The molecule has 6 heteroatoms. The normalized spacial score (nSPS) is 18.9. The third-order valence-electron chi connectivity index (χ3n) is 5.86. The largest absolute Gasteiger partial charge is 0.342 e. The highest BCUT2D eigenvalue weighted by Gasteiger charge is 2.26. The number of para-hydroxylation sites is 1. The van der Waals surface area contributed by atoms with Crippen molar-refractivity contribution in [2.45, 2.75) is 25.7 Å². The molecule has 0 radical (unpaired) electrons. The van der Waals surface area contributed by atoms with Gasteiger partial charge in [0.25, 0.3) is 5.91 Å². The summed E-state index contributed by atoms with van der Waals surface area (Å²) in [5.74, 6) is 0.291. The van der Waals surface area contributed by atoms with Crippen molar-refractivity contribution in [3.63, 3.8) is 0 Å². The van der Waals surface area contributed by atoms with Gasteiger partial charge in [-0.15, -0.1) is 0 Å². The number of pyridine rings is 1. The third-order valence-corrected chi connectivity index (χ3v) is 5.86. The SMILES string of the molecule is O=C(CN1CCN(C(=O)c2ccnc3ccccc23)CC1)N1CCCCCC1. The number of piperazine rings is 1. The minimum absolute atomic E-state index is 0.0529. The maximum Gasteiger partial charge on any atom is 0.254 e. The molecule has 0 atom stereocenters. The average molecular weight is 380 g/mol. The lowest BCUT2D eigenvalue weighted by atomic mass is 10.1. The average Bonchev–Trinajstić information content (AvgIpc) is 3.03. The van der Waals surface area contributed by atoms with Crippen molar-refractivity contribution < 1.29 is 9.59 Å². The highest BCUT2D eigenvalue weighted by atomic mass is 16.2. The van der Waals surface area contributed by atoms with E-state index in [-0.39, 0.29) is 11.8 Å². The molecular weight excluding hydrogens is 352 g/mol. The van der Waals surface area contributed by atoms with Gasteiger partial charge in [0, 0.05) is 50.9 Å². The Morgan fingerprint density at radius 2 is 1.54 bits per heavy atom. The molecule has 2 saturated heterocycles. The minimum atomic E-state index is 0.0529. The molecule has 2 aliphatic rings. The monoisotopic (exact) mass is 380 g/mol. The van der Waals surface area contributed by atoms with Crippen LogP contribution in [0.2, 0.25) is 0 Å². The second-order valence-electron chi connectivity index (χ2n) is 7.74. The van der Waals surface area contributed by atoms with E-state index in [2.05, 4.69) is 9.88 Å². The van der Waals surface area contributed by atoms with Crippen LogP contribution in [-0.4, -0.2) is 77.3 Å². The Morgan fingerprint density at radius 3 is 2.29 bits per heavy atom. The first-order chi connectivity index (χ1) is 13.7. The Hall–Kier alpha value is -2.47. The number of aromatic nitrogens is 1. The number of carbonyl (C=O) groups is 2. The van der Waals surface area contributed by atoms with E-state index in [0.29, 0.717) is 25.2 Å². The molecule has 0 bridgehead atoms. The van der Waals surface area contributed by atoms with Gasteiger partial charge in [-0.2, -0.15) is 0 Å². The van der Waals surface area contributed by atoms with Crippen molar-refractivity contribution in [2.24, 2.45) is 0 Å². The third kappa shape index (κ3) is 4.17. The number of carbonyl (C=O) groups excluding carboxylic acids is 2. The van der Waals surface area contributed by atoms with Crippen molar-refractivity contribution in [3.8, 4) is 0 Å². The van der Waals surface area contributed by atoms with Crippen LogP contribution in [0.1, 0.15) is 36.0 Å². The molecule has 3 heterocycles. The number of hydrogen-bond donors (Lipinski definition) is 0. The molecule has 148 valence electrons. The number of rotatable bonds is 3. The van der Waals surface area contributed by atoms with E-state index in [1.807, 2.05) is 34.1 Å². The number of benzene rings is 1. The summed E-state index contributed by atoms with van der Waals surface area (Å²) in [5, 5.41) is 0.897. The highest BCUT2D eigenvalue weighted by molar-refractivity contribution is 6.06. The van der Waals surface area contributed by atoms with E-state index in [9.17, 15) is 9.59 Å². The zero-order chi connectivity index (χ0) is 19.3. The summed E-state index contributed by atoms with van der Waals surface area (Å²) in [6.45, 7) is 5.06. The van der Waals surface area contributed by atoms with E-state index in [1.54, 1.807) is 12.3 Å². The van der Waals surface area contributed by atoms with Crippen LogP contribution in [0.15, 0.2) is 36.5 Å². The highest BCUT2D eigenvalue weighted by Crippen LogP contribution is 2.19. The first-order valence-corrected chi connectivity index (χ1v) is 10.4. The molecule has 6 nitrogen and oxygen atoms in total. The molecular formula is C22H28N4O2. The Morgan fingerprint density at radius 1 is 0.821 bits per heavy atom. The van der Waals surface area contributed by atoms with Crippen LogP contribution in [0.5, 0.6) is 0 Å². The predicted molar refractivity (Wildman–Crippen MR) is 109 cm³/mol. The molecule has 1 aromatic carbocycles. The van der Waals surface area contributed by atoms with E-state index in [1.165, 1.54) is 12.8 Å². The van der Waals surface area contributed by atoms with E-state index in [4.69, 9.17) is 0 Å². The van der Waals surface area contributed by atoms with Crippen LogP contribution >= 0.6 is 0 Å². The van der Waals surface area contributed by atoms with Gasteiger partial charge in [-0.3, -0.25) is 19.5 Å². The standard InChI is InChI=1S/C22H28N4O2/c27-21(25-11-5-1-2-6-12-25)17-24-13-15-26(16-14-24)22(28)19-9-10-23-20-8-4-3-7-18(19)20/h3-4,7-10H,1-2,5-6,11-17H2. The fourth-order valence-electron chi connectivity index (χ4n) is 4.17. The predicted octanol–water partition coefficient (Wildman–Crippen LogP) is 2.40.